The van der Waals surface area contributed by atoms with Crippen molar-refractivity contribution in [2.24, 2.45) is 0 Å². The first-order chi connectivity index (χ1) is 7.06. The second-order valence-electron chi connectivity index (χ2n) is 2.74. The molecule has 0 radical (unpaired) electrons. The average molecular weight is 230 g/mol. The Labute approximate surface area is 86.5 Å². The third-order valence-corrected chi connectivity index (χ3v) is 2.74. The molecule has 0 saturated heterocycles. The average Bonchev–Trinajstić information content (AvgIpc) is 2.45. The number of fused-ring (bicyclic) bond motifs is 1. The Morgan fingerprint density at radius 3 is 2.73 bits per heavy atom. The van der Waals surface area contributed by atoms with Gasteiger partial charge in [-0.2, -0.15) is 0 Å². The summed E-state index contributed by atoms with van der Waals surface area (Å²) < 4.78 is 30.5. The molecule has 15 heavy (non-hydrogen) atoms. The maximum Gasteiger partial charge on any atom is 0.512 e. The normalized spacial score (nSPS) is 10.5. The number of carbonyl (C=O) groups is 1. The van der Waals surface area contributed by atoms with Gasteiger partial charge in [-0.25, -0.2) is 13.6 Å². The molecule has 0 spiro atoms. The number of hydrogen-bond acceptors (Lipinski definition) is 3. The minimum absolute atomic E-state index is 0.0157. The molecule has 1 aromatic heterocycles. The molecule has 0 amide bonds. The summed E-state index contributed by atoms with van der Waals surface area (Å²) in [7, 11) is 0. The van der Waals surface area contributed by atoms with Crippen molar-refractivity contribution in [3.05, 3.63) is 29.8 Å². The highest BCUT2D eigenvalue weighted by Gasteiger charge is 2.11. The van der Waals surface area contributed by atoms with E-state index in [1.165, 1.54) is 6.07 Å². The summed E-state index contributed by atoms with van der Waals surface area (Å²) in [5.74, 6) is -1.44. The molecule has 0 saturated carbocycles. The zero-order valence-electron chi connectivity index (χ0n) is 7.16. The van der Waals surface area contributed by atoms with E-state index in [0.29, 0.717) is 0 Å². The predicted octanol–water partition coefficient (Wildman–Crippen LogP) is 3.24. The Morgan fingerprint density at radius 1 is 1.33 bits per heavy atom. The minimum Gasteiger partial charge on any atom is -0.449 e. The summed E-state index contributed by atoms with van der Waals surface area (Å²) >= 11 is 0.816. The lowest BCUT2D eigenvalue weighted by atomic mass is 10.2. The van der Waals surface area contributed by atoms with E-state index >= 15 is 0 Å². The quantitative estimate of drug-likeness (QED) is 0.765. The van der Waals surface area contributed by atoms with Crippen molar-refractivity contribution in [2.75, 3.05) is 0 Å². The molecular weight excluding hydrogens is 226 g/mol. The highest BCUT2D eigenvalue weighted by molar-refractivity contribution is 7.20. The van der Waals surface area contributed by atoms with Gasteiger partial charge in [-0.05, 0) is 6.07 Å². The van der Waals surface area contributed by atoms with E-state index in [9.17, 15) is 13.6 Å². The maximum atomic E-state index is 13.2. The molecule has 6 heteroatoms. The predicted molar refractivity (Wildman–Crippen MR) is 50.4 cm³/mol. The van der Waals surface area contributed by atoms with Gasteiger partial charge < -0.3 is 9.84 Å². The van der Waals surface area contributed by atoms with Gasteiger partial charge in [0.05, 0.1) is 4.70 Å². The van der Waals surface area contributed by atoms with Crippen molar-refractivity contribution >= 4 is 27.6 Å². The Balaban J connectivity index is 2.55. The molecule has 0 fully saturated rings. The van der Waals surface area contributed by atoms with Crippen molar-refractivity contribution < 1.29 is 23.4 Å². The Kier molecular flexibility index (Phi) is 2.28. The van der Waals surface area contributed by atoms with Crippen LogP contribution in [0.5, 0.6) is 5.06 Å². The van der Waals surface area contributed by atoms with E-state index < -0.39 is 17.8 Å². The van der Waals surface area contributed by atoms with E-state index in [2.05, 4.69) is 4.74 Å². The summed E-state index contributed by atoms with van der Waals surface area (Å²) in [6.45, 7) is 0. The van der Waals surface area contributed by atoms with Crippen LogP contribution in [0.3, 0.4) is 0 Å². The van der Waals surface area contributed by atoms with Gasteiger partial charge in [0.25, 0.3) is 0 Å². The third kappa shape index (κ3) is 1.89. The van der Waals surface area contributed by atoms with Gasteiger partial charge in [0.1, 0.15) is 11.6 Å². The number of halogens is 2. The smallest absolute Gasteiger partial charge is 0.449 e. The fourth-order valence-corrected chi connectivity index (χ4v) is 2.08. The number of thiophene rings is 1. The lowest BCUT2D eigenvalue weighted by molar-refractivity contribution is 0.146. The summed E-state index contributed by atoms with van der Waals surface area (Å²) in [6.07, 6.45) is -1.48. The Hall–Kier alpha value is -1.69. The van der Waals surface area contributed by atoms with Gasteiger partial charge in [0, 0.05) is 17.5 Å². The van der Waals surface area contributed by atoms with Gasteiger partial charge in [-0.15, -0.1) is 0 Å². The number of benzene rings is 1. The van der Waals surface area contributed by atoms with Crippen LogP contribution < -0.4 is 4.74 Å². The second kappa shape index (κ2) is 3.47. The summed E-state index contributed by atoms with van der Waals surface area (Å²) in [5.41, 5.74) is 0. The van der Waals surface area contributed by atoms with Gasteiger partial charge in [-0.3, -0.25) is 0 Å². The molecule has 0 unspecified atom stereocenters. The molecule has 2 rings (SSSR count). The van der Waals surface area contributed by atoms with Crippen molar-refractivity contribution in [2.45, 2.75) is 0 Å². The molecule has 1 aromatic carbocycles. The molecule has 0 aliphatic heterocycles. The maximum absolute atomic E-state index is 13.2. The van der Waals surface area contributed by atoms with Gasteiger partial charge >= 0.3 is 6.16 Å². The van der Waals surface area contributed by atoms with Gasteiger partial charge in [-0.1, -0.05) is 11.3 Å². The standard InChI is InChI=1S/C9H4F2O3S/c10-5-1-4-2-7(14-9(12)13)15-8(4)6(11)3-5/h1-3H,(H,12,13). The highest BCUT2D eigenvalue weighted by Crippen LogP contribution is 2.34. The zero-order valence-corrected chi connectivity index (χ0v) is 7.98. The van der Waals surface area contributed by atoms with Crippen molar-refractivity contribution in [3.8, 4) is 5.06 Å². The van der Waals surface area contributed by atoms with Gasteiger partial charge in [0.2, 0.25) is 0 Å². The van der Waals surface area contributed by atoms with Gasteiger partial charge in [0.15, 0.2) is 5.06 Å². The number of ether oxygens (including phenoxy) is 1. The monoisotopic (exact) mass is 230 g/mol. The highest BCUT2D eigenvalue weighted by atomic mass is 32.1. The minimum atomic E-state index is -1.48. The largest absolute Gasteiger partial charge is 0.512 e. The van der Waals surface area contributed by atoms with Crippen molar-refractivity contribution in [1.29, 1.82) is 0 Å². The fraction of sp³-hybridized carbons (Fsp3) is 0. The molecule has 0 atom stereocenters. The van der Waals surface area contributed by atoms with Crippen LogP contribution in [0, 0.1) is 11.6 Å². The Morgan fingerprint density at radius 2 is 2.07 bits per heavy atom. The molecule has 0 bridgehead atoms. The fourth-order valence-electron chi connectivity index (χ4n) is 1.19. The summed E-state index contributed by atoms with van der Waals surface area (Å²) in [5, 5.41) is 8.63. The number of carboxylic acid groups (broad SMARTS) is 1. The van der Waals surface area contributed by atoms with Crippen LogP contribution in [0.4, 0.5) is 13.6 Å². The molecule has 1 heterocycles. The third-order valence-electron chi connectivity index (χ3n) is 1.70. The lowest BCUT2D eigenvalue weighted by Crippen LogP contribution is -2.00. The SMILES string of the molecule is O=C(O)Oc1cc2cc(F)cc(F)c2s1. The van der Waals surface area contributed by atoms with Crippen LogP contribution in [-0.4, -0.2) is 11.3 Å². The molecule has 2 aromatic rings. The Bertz CT molecular complexity index is 535. The van der Waals surface area contributed by atoms with Crippen molar-refractivity contribution in [1.82, 2.24) is 0 Å². The molecular formula is C9H4F2O3S. The number of hydrogen-bond donors (Lipinski definition) is 1. The first kappa shape index (κ1) is 9.85. The molecule has 78 valence electrons. The molecule has 0 aliphatic rings. The topological polar surface area (TPSA) is 46.5 Å². The van der Waals surface area contributed by atoms with E-state index in [0.717, 1.165) is 23.5 Å². The van der Waals surface area contributed by atoms with E-state index in [4.69, 9.17) is 5.11 Å². The first-order valence-electron chi connectivity index (χ1n) is 3.85. The zero-order chi connectivity index (χ0) is 11.0. The molecule has 1 N–H and O–H groups in total. The first-order valence-corrected chi connectivity index (χ1v) is 4.67. The van der Waals surface area contributed by atoms with Crippen LogP contribution in [0.2, 0.25) is 0 Å². The van der Waals surface area contributed by atoms with Crippen LogP contribution >= 0.6 is 11.3 Å². The van der Waals surface area contributed by atoms with Crippen molar-refractivity contribution in [3.63, 3.8) is 0 Å². The molecule has 3 nitrogen and oxygen atoms in total. The van der Waals surface area contributed by atoms with E-state index in [1.807, 2.05) is 0 Å². The summed E-state index contributed by atoms with van der Waals surface area (Å²) in [6, 6.07) is 3.13. The van der Waals surface area contributed by atoms with Crippen LogP contribution in [-0.2, 0) is 0 Å². The van der Waals surface area contributed by atoms with Crippen LogP contribution in [0.1, 0.15) is 0 Å². The van der Waals surface area contributed by atoms with E-state index in [1.54, 1.807) is 0 Å². The van der Waals surface area contributed by atoms with E-state index in [-0.39, 0.29) is 15.1 Å². The lowest BCUT2D eigenvalue weighted by Gasteiger charge is -1.91. The van der Waals surface area contributed by atoms with Crippen LogP contribution in [0.25, 0.3) is 10.1 Å². The van der Waals surface area contributed by atoms with Crippen LogP contribution in [0.15, 0.2) is 18.2 Å². The summed E-state index contributed by atoms with van der Waals surface area (Å²) in [4.78, 5) is 10.2. The number of rotatable bonds is 1. The molecule has 0 aliphatic carbocycles. The second-order valence-corrected chi connectivity index (χ2v) is 3.75.